The van der Waals surface area contributed by atoms with Gasteiger partial charge in [-0.15, -0.1) is 0 Å². The predicted molar refractivity (Wildman–Crippen MR) is 121 cm³/mol. The topological polar surface area (TPSA) is 84.6 Å². The fourth-order valence-corrected chi connectivity index (χ4v) is 6.13. The number of fused-ring (bicyclic) bond motifs is 1. The number of aliphatic hydroxyl groups excluding tert-OH is 1. The number of hydrogen-bond donors (Lipinski definition) is 1. The number of hydrogen-bond acceptors (Lipinski definition) is 5. The van der Waals surface area contributed by atoms with E-state index in [0.717, 1.165) is 36.1 Å². The van der Waals surface area contributed by atoms with Crippen LogP contribution in [0.25, 0.3) is 11.1 Å². The highest BCUT2D eigenvalue weighted by Gasteiger charge is 2.49. The molecule has 0 saturated carbocycles. The molecule has 0 amide bonds. The molecule has 0 bridgehead atoms. The molecule has 0 aliphatic carbocycles. The molecule has 0 aromatic heterocycles. The third-order valence-electron chi connectivity index (χ3n) is 6.73. The maximum atomic E-state index is 12.6. The third-order valence-corrected chi connectivity index (χ3v) is 8.58. The Kier molecular flexibility index (Phi) is 6.44. The zero-order valence-electron chi connectivity index (χ0n) is 17.8. The monoisotopic (exact) mass is 439 g/mol. The van der Waals surface area contributed by atoms with Crippen LogP contribution in [0.1, 0.15) is 36.8 Å². The number of aliphatic hydroxyl groups is 1. The zero-order chi connectivity index (χ0) is 22.0. The highest BCUT2D eigenvalue weighted by Crippen LogP contribution is 2.42. The van der Waals surface area contributed by atoms with Crippen molar-refractivity contribution in [1.29, 1.82) is 5.26 Å². The summed E-state index contributed by atoms with van der Waals surface area (Å²) in [5.41, 5.74) is 3.88. The van der Waals surface area contributed by atoms with Gasteiger partial charge in [-0.25, -0.2) is 12.7 Å². The third kappa shape index (κ3) is 4.26. The van der Waals surface area contributed by atoms with Gasteiger partial charge in [0, 0.05) is 31.1 Å². The fraction of sp³-hybridized carbons (Fsp3) is 0.458. The molecule has 2 saturated heterocycles. The normalized spacial score (nSPS) is 25.0. The average molecular weight is 440 g/mol. The molecule has 164 valence electrons. The first-order valence-electron chi connectivity index (χ1n) is 10.9. The number of nitrogens with zero attached hydrogens (tertiary/aromatic N) is 3. The van der Waals surface area contributed by atoms with E-state index in [1.54, 1.807) is 11.2 Å². The average Bonchev–Trinajstić information content (AvgIpc) is 2.78. The van der Waals surface area contributed by atoms with E-state index in [9.17, 15) is 13.5 Å². The van der Waals surface area contributed by atoms with Gasteiger partial charge in [0.2, 0.25) is 10.0 Å². The Bertz CT molecular complexity index is 1040. The minimum atomic E-state index is -3.24. The van der Waals surface area contributed by atoms with Crippen LogP contribution in [0.4, 0.5) is 0 Å². The molecular weight excluding hydrogens is 410 g/mol. The number of rotatable bonds is 5. The summed E-state index contributed by atoms with van der Waals surface area (Å²) in [6.07, 6.45) is 1.79. The van der Waals surface area contributed by atoms with Crippen molar-refractivity contribution in [2.75, 3.05) is 32.0 Å². The van der Waals surface area contributed by atoms with Gasteiger partial charge in [0.15, 0.2) is 0 Å². The lowest BCUT2D eigenvalue weighted by atomic mass is 9.74. The molecule has 1 N–H and O–H groups in total. The molecule has 31 heavy (non-hydrogen) atoms. The van der Waals surface area contributed by atoms with Crippen molar-refractivity contribution in [3.05, 3.63) is 59.7 Å². The van der Waals surface area contributed by atoms with E-state index in [1.165, 1.54) is 0 Å². The van der Waals surface area contributed by atoms with Crippen molar-refractivity contribution in [2.24, 2.45) is 0 Å². The lowest BCUT2D eigenvalue weighted by molar-refractivity contribution is -0.0553. The van der Waals surface area contributed by atoms with Crippen LogP contribution in [0.2, 0.25) is 0 Å². The predicted octanol–water partition coefficient (Wildman–Crippen LogP) is 2.80. The van der Waals surface area contributed by atoms with Crippen molar-refractivity contribution in [1.82, 2.24) is 9.21 Å². The van der Waals surface area contributed by atoms with E-state index in [0.29, 0.717) is 18.7 Å². The van der Waals surface area contributed by atoms with E-state index in [1.807, 2.05) is 24.3 Å². The molecule has 2 heterocycles. The second kappa shape index (κ2) is 9.09. The summed E-state index contributed by atoms with van der Waals surface area (Å²) < 4.78 is 26.8. The molecule has 2 aromatic carbocycles. The summed E-state index contributed by atoms with van der Waals surface area (Å²) in [5.74, 6) is 0.222. The van der Waals surface area contributed by atoms with Gasteiger partial charge in [-0.3, -0.25) is 4.90 Å². The van der Waals surface area contributed by atoms with Gasteiger partial charge < -0.3 is 5.11 Å². The van der Waals surface area contributed by atoms with Crippen LogP contribution < -0.4 is 0 Å². The first-order valence-corrected chi connectivity index (χ1v) is 12.5. The summed E-state index contributed by atoms with van der Waals surface area (Å²) in [6.45, 7) is 3.72. The Labute approximate surface area is 184 Å². The number of benzene rings is 2. The lowest BCUT2D eigenvalue weighted by Crippen LogP contribution is -2.67. The minimum absolute atomic E-state index is 0.0232. The Morgan fingerprint density at radius 1 is 1.03 bits per heavy atom. The molecule has 2 fully saturated rings. The van der Waals surface area contributed by atoms with E-state index < -0.39 is 10.0 Å². The van der Waals surface area contributed by atoms with Crippen LogP contribution in [-0.4, -0.2) is 66.8 Å². The fourth-order valence-electron chi connectivity index (χ4n) is 4.98. The van der Waals surface area contributed by atoms with Gasteiger partial charge in [0.05, 0.1) is 24.0 Å². The SMILES string of the molecule is CCS(=O)(=O)N1CCCCN2[C@H](CO)[C@@H](c3ccc(-c4ccc(C#N)cc4)cc3)[C@@H]2C1. The summed E-state index contributed by atoms with van der Waals surface area (Å²) in [5, 5.41) is 19.1. The number of nitriles is 1. The minimum Gasteiger partial charge on any atom is -0.395 e. The van der Waals surface area contributed by atoms with Crippen LogP contribution in [0.3, 0.4) is 0 Å². The molecule has 2 aliphatic heterocycles. The smallest absolute Gasteiger partial charge is 0.213 e. The van der Waals surface area contributed by atoms with Gasteiger partial charge in [0.1, 0.15) is 0 Å². The first-order chi connectivity index (χ1) is 15.0. The maximum Gasteiger partial charge on any atom is 0.213 e. The quantitative estimate of drug-likeness (QED) is 0.774. The largest absolute Gasteiger partial charge is 0.395 e. The van der Waals surface area contributed by atoms with Crippen LogP contribution in [0.5, 0.6) is 0 Å². The van der Waals surface area contributed by atoms with Gasteiger partial charge >= 0.3 is 0 Å². The summed E-state index contributed by atoms with van der Waals surface area (Å²) in [7, 11) is -3.24. The zero-order valence-corrected chi connectivity index (χ0v) is 18.6. The summed E-state index contributed by atoms with van der Waals surface area (Å²) >= 11 is 0. The van der Waals surface area contributed by atoms with E-state index >= 15 is 0 Å². The molecule has 3 atom stereocenters. The van der Waals surface area contributed by atoms with Gasteiger partial charge in [-0.2, -0.15) is 5.26 Å². The Morgan fingerprint density at radius 3 is 2.23 bits per heavy atom. The van der Waals surface area contributed by atoms with Crippen LogP contribution >= 0.6 is 0 Å². The molecule has 7 heteroatoms. The van der Waals surface area contributed by atoms with Crippen molar-refractivity contribution < 1.29 is 13.5 Å². The van der Waals surface area contributed by atoms with Gasteiger partial charge in [0.25, 0.3) is 0 Å². The molecule has 6 nitrogen and oxygen atoms in total. The second-order valence-electron chi connectivity index (χ2n) is 8.36. The van der Waals surface area contributed by atoms with Crippen LogP contribution in [0, 0.1) is 11.3 Å². The highest BCUT2D eigenvalue weighted by atomic mass is 32.2. The van der Waals surface area contributed by atoms with Crippen molar-refractivity contribution in [3.8, 4) is 17.2 Å². The molecule has 0 unspecified atom stereocenters. The van der Waals surface area contributed by atoms with E-state index in [-0.39, 0.29) is 30.4 Å². The molecule has 2 aliphatic rings. The van der Waals surface area contributed by atoms with Crippen LogP contribution in [-0.2, 0) is 10.0 Å². The van der Waals surface area contributed by atoms with E-state index in [4.69, 9.17) is 5.26 Å². The second-order valence-corrected chi connectivity index (χ2v) is 10.6. The number of sulfonamides is 1. The summed E-state index contributed by atoms with van der Waals surface area (Å²) in [4.78, 5) is 2.29. The van der Waals surface area contributed by atoms with Crippen LogP contribution in [0.15, 0.2) is 48.5 Å². The van der Waals surface area contributed by atoms with Gasteiger partial charge in [-0.1, -0.05) is 36.4 Å². The first kappa shape index (κ1) is 22.0. The standard InChI is InChI=1S/C24H29N3O3S/c1-2-31(29,30)26-13-3-4-14-27-22(16-26)24(23(27)17-28)21-11-9-20(10-12-21)19-7-5-18(15-25)6-8-19/h5-12,22-24,28H,2-4,13-14,16-17H2,1H3/t22-,23+,24-/m0/s1. The van der Waals surface area contributed by atoms with Crippen molar-refractivity contribution >= 4 is 10.0 Å². The van der Waals surface area contributed by atoms with Gasteiger partial charge in [-0.05, 0) is 55.1 Å². The van der Waals surface area contributed by atoms with Crippen molar-refractivity contribution in [2.45, 2.75) is 37.8 Å². The Balaban J connectivity index is 1.58. The Hall–Kier alpha value is -2.24. The molecule has 4 rings (SSSR count). The maximum absolute atomic E-state index is 12.6. The molecule has 2 aromatic rings. The molecular formula is C24H29N3O3S. The van der Waals surface area contributed by atoms with Crippen molar-refractivity contribution in [3.63, 3.8) is 0 Å². The molecule has 0 radical (unpaired) electrons. The lowest BCUT2D eigenvalue weighted by Gasteiger charge is -2.57. The van der Waals surface area contributed by atoms with E-state index in [2.05, 4.69) is 35.2 Å². The summed E-state index contributed by atoms with van der Waals surface area (Å²) in [6, 6.07) is 18.1. The molecule has 0 spiro atoms. The Morgan fingerprint density at radius 2 is 1.65 bits per heavy atom. The highest BCUT2D eigenvalue weighted by molar-refractivity contribution is 7.89.